The molecule has 5 nitrogen and oxygen atoms in total. The molecule has 1 aliphatic rings. The molecule has 3 N–H and O–H groups in total. The Balaban J connectivity index is 2.57. The van der Waals surface area contributed by atoms with Gasteiger partial charge in [-0.05, 0) is 23.9 Å². The summed E-state index contributed by atoms with van der Waals surface area (Å²) in [6, 6.07) is 3.29. The number of fused-ring (bicyclic) bond motifs is 1. The lowest BCUT2D eigenvalue weighted by atomic mass is 9.78. The molecule has 0 saturated heterocycles. The van der Waals surface area contributed by atoms with Crippen LogP contribution in [-0.4, -0.2) is 28.3 Å². The lowest BCUT2D eigenvalue weighted by Gasteiger charge is -2.22. The van der Waals surface area contributed by atoms with Gasteiger partial charge < -0.3 is 19.9 Å². The molecule has 0 saturated carbocycles. The fourth-order valence-electron chi connectivity index (χ4n) is 1.84. The molecule has 2 rings (SSSR count). The van der Waals surface area contributed by atoms with Crippen molar-refractivity contribution in [3.05, 3.63) is 28.8 Å². The molecular formula is C10H11BO5. The number of aliphatic hydroxyl groups excluding tert-OH is 1. The van der Waals surface area contributed by atoms with E-state index in [9.17, 15) is 9.82 Å². The molecule has 0 aromatic heterocycles. The van der Waals surface area contributed by atoms with Gasteiger partial charge in [-0.2, -0.15) is 0 Å². The SMILES string of the molecule is O=C(O)c1c(CO)ccc2c1OB(O)CC2. The van der Waals surface area contributed by atoms with E-state index in [0.717, 1.165) is 5.56 Å². The molecule has 1 aliphatic heterocycles. The highest BCUT2D eigenvalue weighted by Crippen LogP contribution is 2.32. The van der Waals surface area contributed by atoms with Crippen molar-refractivity contribution in [3.63, 3.8) is 0 Å². The number of aliphatic hydroxyl groups is 1. The maximum Gasteiger partial charge on any atom is 0.522 e. The van der Waals surface area contributed by atoms with Crippen molar-refractivity contribution in [2.75, 3.05) is 0 Å². The van der Waals surface area contributed by atoms with Gasteiger partial charge in [-0.3, -0.25) is 0 Å². The van der Waals surface area contributed by atoms with Crippen LogP contribution in [0.1, 0.15) is 21.5 Å². The summed E-state index contributed by atoms with van der Waals surface area (Å²) in [5, 5.41) is 27.5. The van der Waals surface area contributed by atoms with Crippen LogP contribution in [0.25, 0.3) is 0 Å². The van der Waals surface area contributed by atoms with Gasteiger partial charge in [0.2, 0.25) is 0 Å². The molecule has 16 heavy (non-hydrogen) atoms. The fraction of sp³-hybridized carbons (Fsp3) is 0.300. The first-order valence-electron chi connectivity index (χ1n) is 4.97. The van der Waals surface area contributed by atoms with Gasteiger partial charge in [0.15, 0.2) is 0 Å². The Hall–Kier alpha value is -1.53. The Bertz CT molecular complexity index is 431. The standard InChI is InChI=1S/C10H11BO5/c12-5-7-2-1-6-3-4-11(15)16-9(6)8(7)10(13)14/h1-2,12,15H,3-5H2,(H,13,14). The molecule has 0 atom stereocenters. The number of carboxylic acid groups (broad SMARTS) is 1. The van der Waals surface area contributed by atoms with E-state index in [1.807, 2.05) is 0 Å². The van der Waals surface area contributed by atoms with E-state index < -0.39 is 13.1 Å². The van der Waals surface area contributed by atoms with Crippen molar-refractivity contribution in [1.82, 2.24) is 0 Å². The van der Waals surface area contributed by atoms with Gasteiger partial charge in [-0.15, -0.1) is 0 Å². The fourth-order valence-corrected chi connectivity index (χ4v) is 1.84. The summed E-state index contributed by atoms with van der Waals surface area (Å²) in [5.74, 6) is -0.979. The number of aromatic carboxylic acids is 1. The Morgan fingerprint density at radius 3 is 2.88 bits per heavy atom. The second-order valence-electron chi connectivity index (χ2n) is 3.66. The predicted octanol–water partition coefficient (Wildman–Crippen LogP) is 0.293. The van der Waals surface area contributed by atoms with Crippen molar-refractivity contribution in [1.29, 1.82) is 0 Å². The molecule has 0 radical (unpaired) electrons. The molecule has 1 aromatic carbocycles. The molecule has 1 aromatic rings. The number of hydrogen-bond donors (Lipinski definition) is 3. The van der Waals surface area contributed by atoms with Crippen LogP contribution >= 0.6 is 0 Å². The van der Waals surface area contributed by atoms with Crippen LogP contribution in [0.2, 0.25) is 6.32 Å². The molecule has 6 heteroatoms. The summed E-state index contributed by atoms with van der Waals surface area (Å²) >= 11 is 0. The monoisotopic (exact) mass is 222 g/mol. The third-order valence-electron chi connectivity index (χ3n) is 2.62. The van der Waals surface area contributed by atoms with E-state index >= 15 is 0 Å². The summed E-state index contributed by atoms with van der Waals surface area (Å²) in [5.41, 5.74) is 0.985. The largest absolute Gasteiger partial charge is 0.535 e. The maximum atomic E-state index is 11.1. The average Bonchev–Trinajstić information content (AvgIpc) is 2.26. The zero-order valence-electron chi connectivity index (χ0n) is 8.51. The van der Waals surface area contributed by atoms with Crippen LogP contribution in [0.4, 0.5) is 0 Å². The number of aryl methyl sites for hydroxylation is 1. The van der Waals surface area contributed by atoms with Crippen LogP contribution in [0.3, 0.4) is 0 Å². The molecule has 0 unspecified atom stereocenters. The van der Waals surface area contributed by atoms with Crippen molar-refractivity contribution in [2.24, 2.45) is 0 Å². The predicted molar refractivity (Wildman–Crippen MR) is 56.4 cm³/mol. The highest BCUT2D eigenvalue weighted by Gasteiger charge is 2.28. The number of rotatable bonds is 2. The summed E-state index contributed by atoms with van der Waals surface area (Å²) < 4.78 is 5.13. The molecule has 1 heterocycles. The Morgan fingerprint density at radius 2 is 2.25 bits per heavy atom. The first kappa shape index (κ1) is 11.0. The van der Waals surface area contributed by atoms with Crippen molar-refractivity contribution < 1.29 is 24.7 Å². The maximum absolute atomic E-state index is 11.1. The Morgan fingerprint density at radius 1 is 1.50 bits per heavy atom. The molecular weight excluding hydrogens is 211 g/mol. The molecule has 0 fully saturated rings. The lowest BCUT2D eigenvalue weighted by molar-refractivity contribution is 0.0690. The van der Waals surface area contributed by atoms with Gasteiger partial charge in [-0.25, -0.2) is 4.79 Å². The van der Waals surface area contributed by atoms with E-state index in [4.69, 9.17) is 14.9 Å². The van der Waals surface area contributed by atoms with Gasteiger partial charge in [0.25, 0.3) is 0 Å². The molecule has 0 spiro atoms. The second kappa shape index (κ2) is 4.15. The van der Waals surface area contributed by atoms with E-state index in [-0.39, 0.29) is 17.9 Å². The smallest absolute Gasteiger partial charge is 0.522 e. The zero-order valence-corrected chi connectivity index (χ0v) is 8.51. The number of benzene rings is 1. The summed E-state index contributed by atoms with van der Waals surface area (Å²) in [7, 11) is -0.973. The van der Waals surface area contributed by atoms with Crippen molar-refractivity contribution >= 4 is 13.1 Å². The van der Waals surface area contributed by atoms with Gasteiger partial charge in [0.05, 0.1) is 6.61 Å². The van der Waals surface area contributed by atoms with E-state index in [0.29, 0.717) is 18.3 Å². The van der Waals surface area contributed by atoms with Crippen molar-refractivity contribution in [2.45, 2.75) is 19.3 Å². The minimum Gasteiger partial charge on any atom is -0.535 e. The van der Waals surface area contributed by atoms with E-state index in [2.05, 4.69) is 0 Å². The summed E-state index contributed by atoms with van der Waals surface area (Å²) in [4.78, 5) is 11.1. The zero-order chi connectivity index (χ0) is 11.7. The highest BCUT2D eigenvalue weighted by molar-refractivity contribution is 6.44. The normalized spacial score (nSPS) is 14.2. The first-order valence-corrected chi connectivity index (χ1v) is 4.97. The van der Waals surface area contributed by atoms with E-state index in [1.54, 1.807) is 12.1 Å². The van der Waals surface area contributed by atoms with Crippen LogP contribution in [0.5, 0.6) is 5.75 Å². The van der Waals surface area contributed by atoms with Crippen molar-refractivity contribution in [3.8, 4) is 5.75 Å². The number of carboxylic acids is 1. The minimum atomic E-state index is -1.16. The van der Waals surface area contributed by atoms with Crippen LogP contribution in [0, 0.1) is 0 Å². The second-order valence-corrected chi connectivity index (χ2v) is 3.66. The molecule has 0 amide bonds. The molecule has 84 valence electrons. The summed E-state index contributed by atoms with van der Waals surface area (Å²) in [6.45, 7) is -0.367. The van der Waals surface area contributed by atoms with Gasteiger partial charge in [-0.1, -0.05) is 12.1 Å². The Kier molecular flexibility index (Phi) is 2.85. The third kappa shape index (κ3) is 1.77. The number of hydrogen-bond acceptors (Lipinski definition) is 4. The molecule has 0 aliphatic carbocycles. The van der Waals surface area contributed by atoms with Gasteiger partial charge in [0.1, 0.15) is 11.3 Å². The first-order chi connectivity index (χ1) is 7.63. The number of carbonyl (C=O) groups is 1. The topological polar surface area (TPSA) is 87.0 Å². The average molecular weight is 222 g/mol. The van der Waals surface area contributed by atoms with Crippen LogP contribution in [0.15, 0.2) is 12.1 Å². The highest BCUT2D eigenvalue weighted by atomic mass is 16.5. The van der Waals surface area contributed by atoms with E-state index in [1.165, 1.54) is 0 Å². The Labute approximate surface area is 92.4 Å². The summed E-state index contributed by atoms with van der Waals surface area (Å²) in [6.07, 6.45) is 1.02. The lowest BCUT2D eigenvalue weighted by Crippen LogP contribution is -2.28. The van der Waals surface area contributed by atoms with Gasteiger partial charge >= 0.3 is 13.1 Å². The third-order valence-corrected chi connectivity index (χ3v) is 2.62. The quantitative estimate of drug-likeness (QED) is 0.626. The molecule has 0 bridgehead atoms. The minimum absolute atomic E-state index is 0.0567. The van der Waals surface area contributed by atoms with Gasteiger partial charge in [0, 0.05) is 0 Å². The van der Waals surface area contributed by atoms with Crippen LogP contribution < -0.4 is 4.65 Å². The van der Waals surface area contributed by atoms with Crippen LogP contribution in [-0.2, 0) is 13.0 Å².